The summed E-state index contributed by atoms with van der Waals surface area (Å²) in [6.07, 6.45) is 1.76. The smallest absolute Gasteiger partial charge is 0.169 e. The minimum absolute atomic E-state index is 0.204. The van der Waals surface area contributed by atoms with Gasteiger partial charge in [0.05, 0.1) is 6.26 Å². The molecule has 1 aromatic heterocycles. The van der Waals surface area contributed by atoms with Gasteiger partial charge in [-0.15, -0.1) is 0 Å². The predicted octanol–water partition coefficient (Wildman–Crippen LogP) is 5.01. The maximum atomic E-state index is 5.23. The van der Waals surface area contributed by atoms with Crippen LogP contribution < -0.4 is 0 Å². The number of hydrogen-bond donors (Lipinski definition) is 0. The van der Waals surface area contributed by atoms with Crippen molar-refractivity contribution in [2.45, 2.75) is 26.2 Å². The van der Waals surface area contributed by atoms with E-state index in [9.17, 15) is 0 Å². The van der Waals surface area contributed by atoms with Crippen LogP contribution in [-0.2, 0) is 5.41 Å². The van der Waals surface area contributed by atoms with E-state index < -0.39 is 0 Å². The van der Waals surface area contributed by atoms with Gasteiger partial charge in [0.2, 0.25) is 0 Å². The molecule has 0 saturated heterocycles. The SMILES string of the molecule is CC(C)(C)c1ccc(-c2coc(Br)c2)cc1. The number of furan rings is 1. The quantitative estimate of drug-likeness (QED) is 0.715. The lowest BCUT2D eigenvalue weighted by atomic mass is 9.86. The summed E-state index contributed by atoms with van der Waals surface area (Å²) in [7, 11) is 0. The standard InChI is InChI=1S/C14H15BrO/c1-14(2,3)12-6-4-10(5-7-12)11-8-13(15)16-9-11/h4-9H,1-3H3. The van der Waals surface area contributed by atoms with Gasteiger partial charge in [0.15, 0.2) is 4.67 Å². The molecule has 1 heterocycles. The van der Waals surface area contributed by atoms with E-state index in [2.05, 4.69) is 61.0 Å². The molecular weight excluding hydrogens is 264 g/mol. The highest BCUT2D eigenvalue weighted by Gasteiger charge is 2.13. The normalized spacial score (nSPS) is 11.8. The second-order valence-corrected chi connectivity index (χ2v) is 5.75. The van der Waals surface area contributed by atoms with Crippen molar-refractivity contribution >= 4 is 15.9 Å². The zero-order chi connectivity index (χ0) is 11.8. The molecule has 84 valence electrons. The third-order valence-electron chi connectivity index (χ3n) is 2.65. The van der Waals surface area contributed by atoms with Crippen molar-refractivity contribution in [3.63, 3.8) is 0 Å². The molecule has 2 aromatic rings. The van der Waals surface area contributed by atoms with E-state index in [1.165, 1.54) is 11.1 Å². The summed E-state index contributed by atoms with van der Waals surface area (Å²) >= 11 is 3.31. The van der Waals surface area contributed by atoms with Crippen LogP contribution in [-0.4, -0.2) is 0 Å². The fraction of sp³-hybridized carbons (Fsp3) is 0.286. The van der Waals surface area contributed by atoms with Crippen LogP contribution in [0.5, 0.6) is 0 Å². The molecule has 0 aliphatic carbocycles. The molecule has 2 rings (SSSR count). The zero-order valence-corrected chi connectivity index (χ0v) is 11.3. The van der Waals surface area contributed by atoms with E-state index in [0.29, 0.717) is 0 Å². The van der Waals surface area contributed by atoms with Crippen molar-refractivity contribution < 1.29 is 4.42 Å². The van der Waals surface area contributed by atoms with E-state index in [1.807, 2.05) is 6.07 Å². The van der Waals surface area contributed by atoms with Crippen molar-refractivity contribution in [1.29, 1.82) is 0 Å². The molecule has 0 aliphatic heterocycles. The zero-order valence-electron chi connectivity index (χ0n) is 9.75. The molecule has 0 saturated carbocycles. The molecule has 0 atom stereocenters. The molecule has 0 amide bonds. The molecular formula is C14H15BrO. The minimum atomic E-state index is 0.204. The van der Waals surface area contributed by atoms with Gasteiger partial charge in [0, 0.05) is 5.56 Å². The average molecular weight is 279 g/mol. The molecule has 0 N–H and O–H groups in total. The second-order valence-electron chi connectivity index (χ2n) is 4.97. The fourth-order valence-electron chi connectivity index (χ4n) is 1.62. The third-order valence-corrected chi connectivity index (χ3v) is 3.07. The Labute approximate surface area is 105 Å². The number of benzene rings is 1. The van der Waals surface area contributed by atoms with E-state index in [4.69, 9.17) is 4.42 Å². The van der Waals surface area contributed by atoms with Gasteiger partial charge in [-0.1, -0.05) is 45.0 Å². The van der Waals surface area contributed by atoms with Crippen LogP contribution in [0.4, 0.5) is 0 Å². The first-order valence-electron chi connectivity index (χ1n) is 5.32. The summed E-state index contributed by atoms with van der Waals surface area (Å²) in [5.74, 6) is 0. The van der Waals surface area contributed by atoms with Crippen molar-refractivity contribution in [3.05, 3.63) is 46.8 Å². The Morgan fingerprint density at radius 1 is 1.00 bits per heavy atom. The van der Waals surface area contributed by atoms with E-state index in [1.54, 1.807) is 6.26 Å². The van der Waals surface area contributed by atoms with Gasteiger partial charge >= 0.3 is 0 Å². The van der Waals surface area contributed by atoms with Crippen LogP contribution in [0.15, 0.2) is 45.7 Å². The van der Waals surface area contributed by atoms with E-state index in [0.717, 1.165) is 10.2 Å². The maximum Gasteiger partial charge on any atom is 0.169 e. The fourth-order valence-corrected chi connectivity index (χ4v) is 1.96. The molecule has 0 bridgehead atoms. The number of hydrogen-bond acceptors (Lipinski definition) is 1. The lowest BCUT2D eigenvalue weighted by Crippen LogP contribution is -2.10. The molecule has 1 aromatic carbocycles. The highest BCUT2D eigenvalue weighted by Crippen LogP contribution is 2.28. The Morgan fingerprint density at radius 3 is 2.06 bits per heavy atom. The van der Waals surface area contributed by atoms with Crippen molar-refractivity contribution in [2.24, 2.45) is 0 Å². The van der Waals surface area contributed by atoms with Crippen LogP contribution in [0.3, 0.4) is 0 Å². The van der Waals surface area contributed by atoms with Gasteiger partial charge in [-0.25, -0.2) is 0 Å². The second kappa shape index (κ2) is 4.10. The van der Waals surface area contributed by atoms with Crippen molar-refractivity contribution in [1.82, 2.24) is 0 Å². The summed E-state index contributed by atoms with van der Waals surface area (Å²) in [6, 6.07) is 10.6. The lowest BCUT2D eigenvalue weighted by Gasteiger charge is -2.18. The molecule has 16 heavy (non-hydrogen) atoms. The number of halogens is 1. The van der Waals surface area contributed by atoms with Gasteiger partial charge in [0.25, 0.3) is 0 Å². The van der Waals surface area contributed by atoms with E-state index >= 15 is 0 Å². The summed E-state index contributed by atoms with van der Waals surface area (Å²) in [6.45, 7) is 6.66. The van der Waals surface area contributed by atoms with Gasteiger partial charge in [-0.05, 0) is 38.5 Å². The Morgan fingerprint density at radius 2 is 1.62 bits per heavy atom. The highest BCUT2D eigenvalue weighted by molar-refractivity contribution is 9.10. The molecule has 0 radical (unpaired) electrons. The van der Waals surface area contributed by atoms with Crippen LogP contribution in [0.1, 0.15) is 26.3 Å². The molecule has 0 aliphatic rings. The summed E-state index contributed by atoms with van der Waals surface area (Å²) < 4.78 is 6.00. The van der Waals surface area contributed by atoms with Gasteiger partial charge in [-0.3, -0.25) is 0 Å². The van der Waals surface area contributed by atoms with Crippen LogP contribution in [0.2, 0.25) is 0 Å². The van der Waals surface area contributed by atoms with Crippen LogP contribution in [0, 0.1) is 0 Å². The van der Waals surface area contributed by atoms with Crippen molar-refractivity contribution in [3.8, 4) is 11.1 Å². The minimum Gasteiger partial charge on any atom is -0.457 e. The lowest BCUT2D eigenvalue weighted by molar-refractivity contribution is 0.542. The summed E-state index contributed by atoms with van der Waals surface area (Å²) in [5, 5.41) is 0. The Hall–Kier alpha value is -1.02. The first-order chi connectivity index (χ1) is 7.47. The molecule has 1 nitrogen and oxygen atoms in total. The Kier molecular flexibility index (Phi) is 2.94. The average Bonchev–Trinajstić information content (AvgIpc) is 2.64. The van der Waals surface area contributed by atoms with Crippen molar-refractivity contribution in [2.75, 3.05) is 0 Å². The van der Waals surface area contributed by atoms with Crippen LogP contribution in [0.25, 0.3) is 11.1 Å². The molecule has 0 fully saturated rings. The topological polar surface area (TPSA) is 13.1 Å². The first-order valence-corrected chi connectivity index (χ1v) is 6.11. The van der Waals surface area contributed by atoms with Gasteiger partial charge in [0.1, 0.15) is 0 Å². The summed E-state index contributed by atoms with van der Waals surface area (Å²) in [4.78, 5) is 0. The molecule has 2 heteroatoms. The first kappa shape index (κ1) is 11.5. The van der Waals surface area contributed by atoms with E-state index in [-0.39, 0.29) is 5.41 Å². The Balaban J connectivity index is 2.33. The number of rotatable bonds is 1. The Bertz CT molecular complexity index is 474. The largest absolute Gasteiger partial charge is 0.457 e. The summed E-state index contributed by atoms with van der Waals surface area (Å²) in [5.41, 5.74) is 3.84. The highest BCUT2D eigenvalue weighted by atomic mass is 79.9. The van der Waals surface area contributed by atoms with Gasteiger partial charge in [-0.2, -0.15) is 0 Å². The van der Waals surface area contributed by atoms with Gasteiger partial charge < -0.3 is 4.42 Å². The maximum absolute atomic E-state index is 5.23. The molecule has 0 spiro atoms. The molecule has 0 unspecified atom stereocenters. The monoisotopic (exact) mass is 278 g/mol. The van der Waals surface area contributed by atoms with Crippen LogP contribution >= 0.6 is 15.9 Å². The predicted molar refractivity (Wildman–Crippen MR) is 70.5 cm³/mol. The third kappa shape index (κ3) is 2.38.